The van der Waals surface area contributed by atoms with Gasteiger partial charge in [-0.1, -0.05) is 18.1 Å². The van der Waals surface area contributed by atoms with Crippen molar-refractivity contribution in [3.63, 3.8) is 0 Å². The summed E-state index contributed by atoms with van der Waals surface area (Å²) in [6.07, 6.45) is 4.98. The van der Waals surface area contributed by atoms with E-state index in [1.807, 2.05) is 18.2 Å². The topological polar surface area (TPSA) is 72.2 Å². The SMILES string of the molecule is C#CCNS(=O)(=O)CCSc1ccccc1N. The number of nitrogens with one attached hydrogen (secondary N) is 1. The van der Waals surface area contributed by atoms with E-state index in [0.29, 0.717) is 11.4 Å². The Morgan fingerprint density at radius 3 is 2.76 bits per heavy atom. The Kier molecular flexibility index (Phi) is 5.35. The number of hydrogen-bond acceptors (Lipinski definition) is 4. The van der Waals surface area contributed by atoms with Crippen LogP contribution >= 0.6 is 11.8 Å². The molecule has 3 N–H and O–H groups in total. The van der Waals surface area contributed by atoms with Crippen LogP contribution in [0.1, 0.15) is 0 Å². The number of nitrogens with two attached hydrogens (primary N) is 1. The van der Waals surface area contributed by atoms with E-state index in [1.165, 1.54) is 11.8 Å². The van der Waals surface area contributed by atoms with Crippen LogP contribution in [0.5, 0.6) is 0 Å². The summed E-state index contributed by atoms with van der Waals surface area (Å²) >= 11 is 1.41. The zero-order valence-electron chi connectivity index (χ0n) is 9.22. The molecular formula is C11H14N2O2S2. The molecule has 1 aromatic rings. The van der Waals surface area contributed by atoms with Gasteiger partial charge in [-0.2, -0.15) is 0 Å². The third-order valence-electron chi connectivity index (χ3n) is 1.92. The Balaban J connectivity index is 2.44. The number of rotatable bonds is 6. The van der Waals surface area contributed by atoms with Crippen molar-refractivity contribution in [3.8, 4) is 12.3 Å². The van der Waals surface area contributed by atoms with Gasteiger partial charge in [0.15, 0.2) is 0 Å². The summed E-state index contributed by atoms with van der Waals surface area (Å²) in [7, 11) is -3.28. The molecule has 0 aliphatic rings. The van der Waals surface area contributed by atoms with Crippen LogP contribution in [-0.2, 0) is 10.0 Å². The molecule has 0 saturated heterocycles. The average molecular weight is 270 g/mol. The van der Waals surface area contributed by atoms with Gasteiger partial charge in [0.25, 0.3) is 0 Å². The summed E-state index contributed by atoms with van der Waals surface area (Å²) in [6.45, 7) is 0.0282. The highest BCUT2D eigenvalue weighted by molar-refractivity contribution is 8.00. The smallest absolute Gasteiger partial charge is 0.213 e. The minimum atomic E-state index is -3.28. The Bertz CT molecular complexity index is 506. The van der Waals surface area contributed by atoms with Gasteiger partial charge in [0.05, 0.1) is 12.3 Å². The molecule has 0 aromatic heterocycles. The third kappa shape index (κ3) is 5.13. The van der Waals surface area contributed by atoms with Gasteiger partial charge >= 0.3 is 0 Å². The summed E-state index contributed by atoms with van der Waals surface area (Å²) in [5.41, 5.74) is 6.40. The van der Waals surface area contributed by atoms with Gasteiger partial charge in [-0.25, -0.2) is 13.1 Å². The lowest BCUT2D eigenvalue weighted by atomic mass is 10.3. The maximum atomic E-state index is 11.4. The highest BCUT2D eigenvalue weighted by atomic mass is 32.2. The molecule has 1 rings (SSSR count). The number of terminal acetylenes is 1. The van der Waals surface area contributed by atoms with Crippen LogP contribution in [0.3, 0.4) is 0 Å². The molecule has 4 nitrogen and oxygen atoms in total. The Hall–Kier alpha value is -1.16. The molecule has 0 bridgehead atoms. The highest BCUT2D eigenvalue weighted by Gasteiger charge is 2.09. The summed E-state index contributed by atoms with van der Waals surface area (Å²) in [4.78, 5) is 0.889. The zero-order valence-corrected chi connectivity index (χ0v) is 10.9. The predicted molar refractivity (Wildman–Crippen MR) is 72.2 cm³/mol. The minimum absolute atomic E-state index is 0.0215. The Morgan fingerprint density at radius 2 is 2.12 bits per heavy atom. The van der Waals surface area contributed by atoms with Gasteiger partial charge in [0, 0.05) is 16.3 Å². The molecule has 6 heteroatoms. The quantitative estimate of drug-likeness (QED) is 0.458. The molecule has 1 aromatic carbocycles. The molecule has 0 radical (unpaired) electrons. The lowest BCUT2D eigenvalue weighted by molar-refractivity contribution is 0.587. The van der Waals surface area contributed by atoms with E-state index in [-0.39, 0.29) is 12.3 Å². The first-order valence-corrected chi connectivity index (χ1v) is 7.57. The Labute approximate surface area is 106 Å². The van der Waals surface area contributed by atoms with E-state index < -0.39 is 10.0 Å². The van der Waals surface area contributed by atoms with Crippen molar-refractivity contribution in [2.45, 2.75) is 4.90 Å². The fourth-order valence-electron chi connectivity index (χ4n) is 1.10. The molecule has 0 saturated carbocycles. The first-order chi connectivity index (χ1) is 8.05. The number of nitrogen functional groups attached to an aromatic ring is 1. The van der Waals surface area contributed by atoms with E-state index in [4.69, 9.17) is 12.2 Å². The molecule has 0 aliphatic heterocycles. The van der Waals surface area contributed by atoms with Gasteiger partial charge in [0.1, 0.15) is 0 Å². The normalized spacial score (nSPS) is 11.0. The summed E-state index contributed by atoms with van der Waals surface area (Å²) in [5, 5.41) is 0. The summed E-state index contributed by atoms with van der Waals surface area (Å²) in [6, 6.07) is 7.35. The van der Waals surface area contributed by atoms with Crippen LogP contribution < -0.4 is 10.5 Å². The maximum Gasteiger partial charge on any atom is 0.213 e. The summed E-state index contributed by atoms with van der Waals surface area (Å²) in [5.74, 6) is 2.68. The van der Waals surface area contributed by atoms with Gasteiger partial charge in [-0.3, -0.25) is 0 Å². The van der Waals surface area contributed by atoms with E-state index in [0.717, 1.165) is 4.90 Å². The van der Waals surface area contributed by atoms with Gasteiger partial charge in [-0.05, 0) is 12.1 Å². The van der Waals surface area contributed by atoms with Gasteiger partial charge in [0.2, 0.25) is 10.0 Å². The number of anilines is 1. The molecule has 17 heavy (non-hydrogen) atoms. The fourth-order valence-corrected chi connectivity index (χ4v) is 3.39. The fraction of sp³-hybridized carbons (Fsp3) is 0.273. The molecule has 0 aliphatic carbocycles. The third-order valence-corrected chi connectivity index (χ3v) is 4.60. The molecule has 0 unspecified atom stereocenters. The molecule has 0 spiro atoms. The number of para-hydroxylation sites is 1. The second-order valence-electron chi connectivity index (χ2n) is 3.23. The van der Waals surface area contributed by atoms with Crippen LogP contribution in [0, 0.1) is 12.3 Å². The number of hydrogen-bond donors (Lipinski definition) is 2. The lowest BCUT2D eigenvalue weighted by Gasteiger charge is -2.05. The molecule has 0 amide bonds. The van der Waals surface area contributed by atoms with Crippen LogP contribution in [-0.4, -0.2) is 26.5 Å². The zero-order chi connectivity index (χ0) is 12.7. The van der Waals surface area contributed by atoms with Crippen LogP contribution in [0.25, 0.3) is 0 Å². The van der Waals surface area contributed by atoms with Crippen molar-refractivity contribution < 1.29 is 8.42 Å². The number of sulfonamides is 1. The van der Waals surface area contributed by atoms with E-state index in [9.17, 15) is 8.42 Å². The molecular weight excluding hydrogens is 256 g/mol. The predicted octanol–water partition coefficient (Wildman–Crippen LogP) is 0.914. The summed E-state index contributed by atoms with van der Waals surface area (Å²) < 4.78 is 25.1. The van der Waals surface area contributed by atoms with Crippen molar-refractivity contribution >= 4 is 27.5 Å². The van der Waals surface area contributed by atoms with Crippen molar-refractivity contribution in [2.75, 3.05) is 23.8 Å². The van der Waals surface area contributed by atoms with E-state index in [2.05, 4.69) is 10.6 Å². The van der Waals surface area contributed by atoms with Crippen molar-refractivity contribution in [2.24, 2.45) is 0 Å². The molecule has 0 fully saturated rings. The number of benzene rings is 1. The first kappa shape index (κ1) is 13.9. The van der Waals surface area contributed by atoms with Crippen LogP contribution in [0.4, 0.5) is 5.69 Å². The minimum Gasteiger partial charge on any atom is -0.398 e. The molecule has 92 valence electrons. The molecule has 0 atom stereocenters. The second-order valence-corrected chi connectivity index (χ2v) is 6.29. The van der Waals surface area contributed by atoms with Crippen molar-refractivity contribution in [1.82, 2.24) is 4.72 Å². The monoisotopic (exact) mass is 270 g/mol. The van der Waals surface area contributed by atoms with Crippen LogP contribution in [0.2, 0.25) is 0 Å². The maximum absolute atomic E-state index is 11.4. The van der Waals surface area contributed by atoms with Crippen molar-refractivity contribution in [1.29, 1.82) is 0 Å². The Morgan fingerprint density at radius 1 is 1.41 bits per heavy atom. The second kappa shape index (κ2) is 6.55. The lowest BCUT2D eigenvalue weighted by Crippen LogP contribution is -2.27. The van der Waals surface area contributed by atoms with Gasteiger partial charge in [-0.15, -0.1) is 18.2 Å². The molecule has 0 heterocycles. The largest absolute Gasteiger partial charge is 0.398 e. The van der Waals surface area contributed by atoms with Crippen molar-refractivity contribution in [3.05, 3.63) is 24.3 Å². The highest BCUT2D eigenvalue weighted by Crippen LogP contribution is 2.24. The first-order valence-electron chi connectivity index (χ1n) is 4.93. The number of thioether (sulfide) groups is 1. The van der Waals surface area contributed by atoms with Crippen LogP contribution in [0.15, 0.2) is 29.2 Å². The van der Waals surface area contributed by atoms with E-state index in [1.54, 1.807) is 6.07 Å². The average Bonchev–Trinajstić information content (AvgIpc) is 2.29. The van der Waals surface area contributed by atoms with E-state index >= 15 is 0 Å². The van der Waals surface area contributed by atoms with Gasteiger partial charge < -0.3 is 5.73 Å². The standard InChI is InChI=1S/C11H14N2O2S2/c1-2-7-13-17(14,15)9-8-16-11-6-4-3-5-10(11)12/h1,3-6,13H,7-9,12H2.